The average Bonchev–Trinajstić information content (AvgIpc) is 3.20. The van der Waals surface area contributed by atoms with Crippen molar-refractivity contribution >= 4 is 19.3 Å². The summed E-state index contributed by atoms with van der Waals surface area (Å²) in [6.07, 6.45) is 22.7. The van der Waals surface area contributed by atoms with E-state index in [0.717, 1.165) is 19.4 Å². The summed E-state index contributed by atoms with van der Waals surface area (Å²) in [6.45, 7) is 1.05. The zero-order valence-electron chi connectivity index (χ0n) is 11.9. The zero-order valence-corrected chi connectivity index (χ0v) is 14.6. The first-order valence-corrected chi connectivity index (χ1v) is 10.3. The summed E-state index contributed by atoms with van der Waals surface area (Å²) >= 11 is 1.16. The Labute approximate surface area is 134 Å². The predicted octanol–water partition coefficient (Wildman–Crippen LogP) is 3.99. The molecule has 1 saturated heterocycles. The maximum absolute atomic E-state index is 5.42. The Kier molecular flexibility index (Phi) is 16.1. The summed E-state index contributed by atoms with van der Waals surface area (Å²) in [5.74, 6) is 2.28. The van der Waals surface area contributed by atoms with E-state index < -0.39 is 14.5 Å². The Morgan fingerprint density at radius 1 is 1.05 bits per heavy atom. The molecular formula is C16H23AlOTi. The maximum atomic E-state index is 5.42. The van der Waals surface area contributed by atoms with Crippen molar-refractivity contribution in [2.45, 2.75) is 36.8 Å². The van der Waals surface area contributed by atoms with Crippen molar-refractivity contribution < 1.29 is 23.8 Å². The largest absolute Gasteiger partial charge is 0.501 e. The smallest absolute Gasteiger partial charge is 0.457 e. The number of rotatable bonds is 0. The van der Waals surface area contributed by atoms with Crippen molar-refractivity contribution in [1.29, 1.82) is 0 Å². The van der Waals surface area contributed by atoms with E-state index in [9.17, 15) is 0 Å². The van der Waals surface area contributed by atoms with Crippen molar-refractivity contribution in [1.82, 2.24) is 0 Å². The van der Waals surface area contributed by atoms with Crippen LogP contribution in [0.3, 0.4) is 0 Å². The van der Waals surface area contributed by atoms with Crippen LogP contribution in [0, 0.1) is 12.2 Å². The summed E-state index contributed by atoms with van der Waals surface area (Å²) in [7, 11) is 0. The van der Waals surface area contributed by atoms with E-state index in [-0.39, 0.29) is 0 Å². The Hall–Kier alpha value is 0.0368. The van der Waals surface area contributed by atoms with E-state index in [1.165, 1.54) is 18.1 Å². The molecular weight excluding hydrogens is 283 g/mol. The summed E-state index contributed by atoms with van der Waals surface area (Å²) < 4.78 is 5.42. The Balaban J connectivity index is 0.000000244. The van der Waals surface area contributed by atoms with Gasteiger partial charge in [-0.15, -0.1) is 12.8 Å². The molecule has 3 rings (SSSR count). The van der Waals surface area contributed by atoms with E-state index in [1.807, 2.05) is 24.3 Å². The second kappa shape index (κ2) is 16.1. The van der Waals surface area contributed by atoms with Gasteiger partial charge in [0.15, 0.2) is 0 Å². The number of hydrogen-bond acceptors (Lipinski definition) is 1. The number of hydrogen-bond donors (Lipinski definition) is 0. The van der Waals surface area contributed by atoms with Gasteiger partial charge in [0.1, 0.15) is 0 Å². The predicted molar refractivity (Wildman–Crippen MR) is 81.9 cm³/mol. The van der Waals surface area contributed by atoms with Gasteiger partial charge in [0, 0.05) is 6.61 Å². The van der Waals surface area contributed by atoms with Gasteiger partial charge in [-0.1, -0.05) is 17.5 Å². The van der Waals surface area contributed by atoms with Crippen LogP contribution in [0.1, 0.15) is 25.7 Å². The Morgan fingerprint density at radius 3 is 1.79 bits per heavy atom. The molecule has 3 heteroatoms. The molecule has 0 saturated carbocycles. The van der Waals surface area contributed by atoms with E-state index >= 15 is 0 Å². The summed E-state index contributed by atoms with van der Waals surface area (Å²) in [5.41, 5.74) is 0. The van der Waals surface area contributed by atoms with Crippen LogP contribution in [0.25, 0.3) is 0 Å². The summed E-state index contributed by atoms with van der Waals surface area (Å²) in [5, 5.41) is 1.40. The van der Waals surface area contributed by atoms with E-state index in [4.69, 9.17) is 3.79 Å². The van der Waals surface area contributed by atoms with Gasteiger partial charge < -0.3 is 3.79 Å². The van der Waals surface area contributed by atoms with Crippen LogP contribution in [0.5, 0.6) is 0 Å². The molecule has 0 aromatic rings. The zero-order chi connectivity index (χ0) is 14.2. The summed E-state index contributed by atoms with van der Waals surface area (Å²) in [6, 6.07) is 0. The number of allylic oxidation sites excluding steroid dienone is 8. The van der Waals surface area contributed by atoms with E-state index in [2.05, 4.69) is 34.9 Å². The van der Waals surface area contributed by atoms with Gasteiger partial charge in [-0.05, 0) is 6.42 Å². The normalized spacial score (nSPS) is 17.9. The van der Waals surface area contributed by atoms with Crippen molar-refractivity contribution in [3.05, 3.63) is 48.6 Å². The molecule has 0 aromatic heterocycles. The quantitative estimate of drug-likeness (QED) is 0.485. The van der Waals surface area contributed by atoms with E-state index in [0.29, 0.717) is 0 Å². The minimum atomic E-state index is -0.595. The molecule has 0 amide bonds. The van der Waals surface area contributed by atoms with Gasteiger partial charge >= 0.3 is 39.3 Å². The van der Waals surface area contributed by atoms with Crippen LogP contribution in [-0.4, -0.2) is 25.9 Å². The van der Waals surface area contributed by atoms with Crippen molar-refractivity contribution in [2.24, 2.45) is 0 Å². The van der Waals surface area contributed by atoms with Gasteiger partial charge in [0.2, 0.25) is 0 Å². The van der Waals surface area contributed by atoms with Gasteiger partial charge in [-0.25, -0.2) is 24.3 Å². The first kappa shape index (κ1) is 19.0. The Morgan fingerprint density at radius 2 is 1.63 bits per heavy atom. The Bertz CT molecular complexity index is 260. The minimum Gasteiger partial charge on any atom is -0.501 e. The molecule has 0 atom stereocenters. The molecule has 1 fully saturated rings. The van der Waals surface area contributed by atoms with E-state index in [1.54, 1.807) is 20.0 Å². The van der Waals surface area contributed by atoms with Crippen LogP contribution in [0.15, 0.2) is 36.5 Å². The fraction of sp³-hybridized carbons (Fsp3) is 0.438. The maximum Gasteiger partial charge on any atom is 0.457 e. The van der Waals surface area contributed by atoms with Crippen LogP contribution in [0.2, 0.25) is 11.1 Å². The first-order valence-electron chi connectivity index (χ1n) is 6.80. The third-order valence-electron chi connectivity index (χ3n) is 2.58. The molecule has 3 aliphatic rings. The third kappa shape index (κ3) is 14.3. The molecule has 1 heterocycles. The minimum absolute atomic E-state index is 0.595. The van der Waals surface area contributed by atoms with Crippen molar-refractivity contribution in [3.63, 3.8) is 0 Å². The first-order chi connectivity index (χ1) is 9.39. The molecule has 100 valence electrons. The van der Waals surface area contributed by atoms with Gasteiger partial charge in [0.25, 0.3) is 0 Å². The van der Waals surface area contributed by atoms with Gasteiger partial charge in [-0.2, -0.15) is 12.2 Å². The molecule has 0 bridgehead atoms. The van der Waals surface area contributed by atoms with Gasteiger partial charge in [0.05, 0.1) is 0 Å². The molecule has 2 aliphatic carbocycles. The summed E-state index contributed by atoms with van der Waals surface area (Å²) in [4.78, 5) is 3.25. The van der Waals surface area contributed by atoms with Crippen LogP contribution in [0.4, 0.5) is 0 Å². The molecule has 1 nitrogen and oxygen atoms in total. The standard InChI is InChI=1S/2C5H5.C4H8O.CH3.CH2.Al.Ti/c2*1-2-4-5-3-1;1-2-3-4-5;;;;/h2*1-3H,4H2;1-4H2;1H3;1H2;;/q3*-1;;;+1;+2. The molecule has 1 aliphatic heterocycles. The molecule has 0 radical (unpaired) electrons. The van der Waals surface area contributed by atoms with Crippen molar-refractivity contribution in [3.8, 4) is 0 Å². The monoisotopic (exact) mass is 306 g/mol. The second-order valence-electron chi connectivity index (χ2n) is 4.18. The van der Waals surface area contributed by atoms with Gasteiger partial charge in [-0.3, -0.25) is 12.2 Å². The fourth-order valence-electron chi connectivity index (χ4n) is 1.58. The average molecular weight is 306 g/mol. The molecule has 0 N–H and O–H groups in total. The van der Waals surface area contributed by atoms with Crippen LogP contribution in [-0.2, 0) is 23.8 Å². The molecule has 0 spiro atoms. The van der Waals surface area contributed by atoms with Crippen molar-refractivity contribution in [2.75, 3.05) is 6.61 Å². The third-order valence-corrected chi connectivity index (χ3v) is 4.61. The van der Waals surface area contributed by atoms with Crippen LogP contribution >= 0.6 is 0 Å². The molecule has 19 heavy (non-hydrogen) atoms. The van der Waals surface area contributed by atoms with Crippen LogP contribution < -0.4 is 0 Å². The molecule has 0 unspecified atom stereocenters. The topological polar surface area (TPSA) is 9.23 Å². The fourth-order valence-corrected chi connectivity index (χ4v) is 3.18. The second-order valence-corrected chi connectivity index (χ2v) is 6.72. The molecule has 0 aromatic carbocycles. The SMILES string of the molecule is [C-]1=CC=CC1.[C-]1=CC=CC1.[CH2]=[Ti+2].[CH3][Al]1[CH2]CCC[O]1.